The van der Waals surface area contributed by atoms with Gasteiger partial charge in [0.05, 0.1) is 17.2 Å². The highest BCUT2D eigenvalue weighted by molar-refractivity contribution is 5.78. The summed E-state index contributed by atoms with van der Waals surface area (Å²) < 4.78 is 7.79. The number of amides is 1. The largest absolute Gasteiger partial charge is 0.484 e. The number of aromatic nitrogens is 3. The maximum atomic E-state index is 12.5. The number of likely N-dealkylation sites (tertiary alicyclic amines) is 1. The molecule has 3 heterocycles. The summed E-state index contributed by atoms with van der Waals surface area (Å²) in [7, 11) is 2.01. The second-order valence-corrected chi connectivity index (χ2v) is 6.77. The van der Waals surface area contributed by atoms with Crippen molar-refractivity contribution in [1.82, 2.24) is 19.4 Å². The van der Waals surface area contributed by atoms with Crippen LogP contribution in [-0.4, -0.2) is 45.0 Å². The second-order valence-electron chi connectivity index (χ2n) is 6.77. The van der Waals surface area contributed by atoms with Crippen molar-refractivity contribution in [2.45, 2.75) is 19.3 Å². The van der Waals surface area contributed by atoms with Gasteiger partial charge in [0.15, 0.2) is 6.61 Å². The average molecular weight is 350 g/mol. The lowest BCUT2D eigenvalue weighted by molar-refractivity contribution is -0.132. The molecule has 26 heavy (non-hydrogen) atoms. The Balaban J connectivity index is 1.42. The molecule has 0 saturated carbocycles. The van der Waals surface area contributed by atoms with Crippen molar-refractivity contribution in [3.8, 4) is 5.75 Å². The summed E-state index contributed by atoms with van der Waals surface area (Å²) in [5, 5.41) is 0. The monoisotopic (exact) mass is 350 g/mol. The van der Waals surface area contributed by atoms with E-state index in [4.69, 9.17) is 9.72 Å². The van der Waals surface area contributed by atoms with Gasteiger partial charge >= 0.3 is 0 Å². The Labute approximate surface area is 152 Å². The van der Waals surface area contributed by atoms with Crippen LogP contribution in [0.1, 0.15) is 23.7 Å². The Morgan fingerprint density at radius 1 is 1.31 bits per heavy atom. The number of benzene rings is 1. The summed E-state index contributed by atoms with van der Waals surface area (Å²) >= 11 is 0. The van der Waals surface area contributed by atoms with E-state index in [0.29, 0.717) is 6.54 Å². The van der Waals surface area contributed by atoms with Gasteiger partial charge in [0.25, 0.3) is 5.91 Å². The van der Waals surface area contributed by atoms with E-state index in [2.05, 4.69) is 9.55 Å². The quantitative estimate of drug-likeness (QED) is 0.726. The van der Waals surface area contributed by atoms with E-state index in [-0.39, 0.29) is 18.4 Å². The molecule has 1 aliphatic heterocycles. The molecule has 1 aromatic carbocycles. The predicted molar refractivity (Wildman–Crippen MR) is 99.1 cm³/mol. The molecule has 1 saturated heterocycles. The third kappa shape index (κ3) is 3.03. The van der Waals surface area contributed by atoms with E-state index in [1.54, 1.807) is 6.20 Å². The molecule has 1 aliphatic rings. The zero-order chi connectivity index (χ0) is 18.1. The number of rotatable bonds is 4. The molecule has 134 valence electrons. The van der Waals surface area contributed by atoms with Crippen molar-refractivity contribution >= 4 is 16.9 Å². The fourth-order valence-corrected chi connectivity index (χ4v) is 3.57. The molecule has 2 aromatic heterocycles. The van der Waals surface area contributed by atoms with Crippen LogP contribution in [0.15, 0.2) is 42.7 Å². The van der Waals surface area contributed by atoms with Gasteiger partial charge in [0, 0.05) is 32.3 Å². The van der Waals surface area contributed by atoms with E-state index in [9.17, 15) is 4.79 Å². The van der Waals surface area contributed by atoms with Crippen LogP contribution in [0.5, 0.6) is 5.75 Å². The molecule has 0 radical (unpaired) electrons. The molecule has 1 amide bonds. The number of carbonyl (C=O) groups excluding carboxylic acids is 1. The molecule has 4 rings (SSSR count). The van der Waals surface area contributed by atoms with Crippen LogP contribution in [0.4, 0.5) is 0 Å². The molecular formula is C20H22N4O2. The van der Waals surface area contributed by atoms with Crippen LogP contribution in [0.3, 0.4) is 0 Å². The topological polar surface area (TPSA) is 60.2 Å². The molecule has 1 atom stereocenters. The molecule has 0 bridgehead atoms. The molecule has 1 unspecified atom stereocenters. The number of aryl methyl sites for hydroxylation is 2. The van der Waals surface area contributed by atoms with Crippen molar-refractivity contribution in [2.75, 3.05) is 19.7 Å². The number of nitrogens with zero attached hydrogens (tertiary/aromatic N) is 4. The fourth-order valence-electron chi connectivity index (χ4n) is 3.57. The van der Waals surface area contributed by atoms with Crippen molar-refractivity contribution in [3.63, 3.8) is 0 Å². The Morgan fingerprint density at radius 2 is 2.15 bits per heavy atom. The first-order valence-electron chi connectivity index (χ1n) is 8.86. The van der Waals surface area contributed by atoms with Gasteiger partial charge in [0.1, 0.15) is 11.6 Å². The van der Waals surface area contributed by atoms with Crippen molar-refractivity contribution in [3.05, 3.63) is 54.1 Å². The van der Waals surface area contributed by atoms with Crippen LogP contribution >= 0.6 is 0 Å². The predicted octanol–water partition coefficient (Wildman–Crippen LogP) is 2.67. The average Bonchev–Trinajstić information content (AvgIpc) is 3.26. The highest BCUT2D eigenvalue weighted by Crippen LogP contribution is 2.28. The van der Waals surface area contributed by atoms with Gasteiger partial charge in [-0.25, -0.2) is 4.98 Å². The maximum absolute atomic E-state index is 12.5. The standard InChI is InChI=1S/C20H22N4O2/c1-14-5-3-4-6-18(14)26-13-19(25)24-10-8-15(12-24)20-22-16-7-9-21-11-17(16)23(20)2/h3-7,9,11,15H,8,10,12-13H2,1-2H3. The summed E-state index contributed by atoms with van der Waals surface area (Å²) in [6, 6.07) is 9.67. The lowest BCUT2D eigenvalue weighted by atomic mass is 10.1. The minimum absolute atomic E-state index is 0.0242. The summed E-state index contributed by atoms with van der Waals surface area (Å²) in [5.41, 5.74) is 3.01. The third-order valence-corrected chi connectivity index (χ3v) is 5.07. The van der Waals surface area contributed by atoms with Gasteiger partial charge in [0.2, 0.25) is 0 Å². The minimum atomic E-state index is 0.0242. The Morgan fingerprint density at radius 3 is 2.96 bits per heavy atom. The molecule has 6 heteroatoms. The van der Waals surface area contributed by atoms with Crippen molar-refractivity contribution < 1.29 is 9.53 Å². The number of carbonyl (C=O) groups is 1. The van der Waals surface area contributed by atoms with Crippen LogP contribution in [0.25, 0.3) is 11.0 Å². The van der Waals surface area contributed by atoms with E-state index in [1.807, 2.05) is 55.4 Å². The molecular weight excluding hydrogens is 328 g/mol. The molecule has 0 spiro atoms. The first-order chi connectivity index (χ1) is 12.6. The van der Waals surface area contributed by atoms with Crippen molar-refractivity contribution in [2.24, 2.45) is 7.05 Å². The lowest BCUT2D eigenvalue weighted by Gasteiger charge is -2.17. The fraction of sp³-hybridized carbons (Fsp3) is 0.350. The number of ether oxygens (including phenoxy) is 1. The summed E-state index contributed by atoms with van der Waals surface area (Å²) in [4.78, 5) is 23.3. The first-order valence-corrected chi connectivity index (χ1v) is 8.86. The molecule has 6 nitrogen and oxygen atoms in total. The van der Waals surface area contributed by atoms with Crippen molar-refractivity contribution in [1.29, 1.82) is 0 Å². The van der Waals surface area contributed by atoms with Gasteiger partial charge in [-0.15, -0.1) is 0 Å². The molecule has 0 aliphatic carbocycles. The first kappa shape index (κ1) is 16.6. The Hall–Kier alpha value is -2.89. The number of pyridine rings is 1. The maximum Gasteiger partial charge on any atom is 0.260 e. The molecule has 3 aromatic rings. The summed E-state index contributed by atoms with van der Waals surface area (Å²) in [5.74, 6) is 2.05. The highest BCUT2D eigenvalue weighted by Gasteiger charge is 2.30. The van der Waals surface area contributed by atoms with Crippen LogP contribution < -0.4 is 4.74 Å². The van der Waals surface area contributed by atoms with Gasteiger partial charge in [-0.3, -0.25) is 9.78 Å². The van der Waals surface area contributed by atoms with Gasteiger partial charge < -0.3 is 14.2 Å². The number of imidazole rings is 1. The van der Waals surface area contributed by atoms with E-state index in [1.165, 1.54) is 0 Å². The number of hydrogen-bond acceptors (Lipinski definition) is 4. The Bertz CT molecular complexity index is 950. The number of fused-ring (bicyclic) bond motifs is 1. The minimum Gasteiger partial charge on any atom is -0.484 e. The van der Waals surface area contributed by atoms with E-state index < -0.39 is 0 Å². The Kier molecular flexibility index (Phi) is 4.32. The zero-order valence-corrected chi connectivity index (χ0v) is 15.1. The van der Waals surface area contributed by atoms with E-state index in [0.717, 1.165) is 41.1 Å². The smallest absolute Gasteiger partial charge is 0.260 e. The zero-order valence-electron chi connectivity index (χ0n) is 15.1. The SMILES string of the molecule is Cc1ccccc1OCC(=O)N1CCC(c2nc3ccncc3n2C)C1. The normalized spacial score (nSPS) is 17.0. The summed E-state index contributed by atoms with van der Waals surface area (Å²) in [6.07, 6.45) is 4.51. The van der Waals surface area contributed by atoms with E-state index >= 15 is 0 Å². The number of para-hydroxylation sites is 1. The van der Waals surface area contributed by atoms with Gasteiger partial charge in [-0.1, -0.05) is 18.2 Å². The number of hydrogen-bond donors (Lipinski definition) is 0. The highest BCUT2D eigenvalue weighted by atomic mass is 16.5. The summed E-state index contributed by atoms with van der Waals surface area (Å²) in [6.45, 7) is 3.47. The van der Waals surface area contributed by atoms with Gasteiger partial charge in [-0.05, 0) is 31.0 Å². The molecule has 1 fully saturated rings. The second kappa shape index (κ2) is 6.78. The van der Waals surface area contributed by atoms with Crippen LogP contribution in [-0.2, 0) is 11.8 Å². The molecule has 0 N–H and O–H groups in total. The van der Waals surface area contributed by atoms with Crippen LogP contribution in [0.2, 0.25) is 0 Å². The third-order valence-electron chi connectivity index (χ3n) is 5.07. The lowest BCUT2D eigenvalue weighted by Crippen LogP contribution is -2.33. The van der Waals surface area contributed by atoms with Crippen LogP contribution in [0, 0.1) is 6.92 Å². The van der Waals surface area contributed by atoms with Gasteiger partial charge in [-0.2, -0.15) is 0 Å².